The van der Waals surface area contributed by atoms with Crippen LogP contribution in [0.2, 0.25) is 0 Å². The van der Waals surface area contributed by atoms with Gasteiger partial charge in [0.15, 0.2) is 11.5 Å². The Kier molecular flexibility index (Phi) is 2.52. The number of rotatable bonds is 1. The molecule has 1 aromatic carbocycles. The lowest BCUT2D eigenvalue weighted by Gasteiger charge is -2.19. The van der Waals surface area contributed by atoms with E-state index in [1.54, 1.807) is 11.3 Å². The molecule has 0 radical (unpaired) electrons. The molecule has 0 N–H and O–H groups in total. The van der Waals surface area contributed by atoms with E-state index in [2.05, 4.69) is 17.3 Å². The zero-order chi connectivity index (χ0) is 11.8. The predicted molar refractivity (Wildman–Crippen MR) is 68.0 cm³/mol. The molecule has 0 saturated carbocycles. The van der Waals surface area contributed by atoms with Gasteiger partial charge in [-0.15, -0.1) is 11.3 Å². The number of aromatic nitrogens is 1. The molecule has 1 aliphatic heterocycles. The Balaban J connectivity index is 2.11. The molecule has 0 atom stereocenters. The van der Waals surface area contributed by atoms with Gasteiger partial charge in [0.05, 0.1) is 10.7 Å². The van der Waals surface area contributed by atoms with Crippen LogP contribution in [0.1, 0.15) is 10.6 Å². The summed E-state index contributed by atoms with van der Waals surface area (Å²) in [7, 11) is 0. The first-order valence-corrected chi connectivity index (χ1v) is 6.45. The molecule has 88 valence electrons. The van der Waals surface area contributed by atoms with Gasteiger partial charge >= 0.3 is 0 Å². The van der Waals surface area contributed by atoms with E-state index in [1.807, 2.05) is 19.1 Å². The first kappa shape index (κ1) is 10.6. The summed E-state index contributed by atoms with van der Waals surface area (Å²) in [6.45, 7) is 5.33. The summed E-state index contributed by atoms with van der Waals surface area (Å²) in [6.07, 6.45) is 0. The highest BCUT2D eigenvalue weighted by molar-refractivity contribution is 7.09. The van der Waals surface area contributed by atoms with Crippen molar-refractivity contribution < 1.29 is 9.47 Å². The molecule has 2 heterocycles. The normalized spacial score (nSPS) is 13.8. The molecule has 3 rings (SSSR count). The fraction of sp³-hybridized carbons (Fsp3) is 0.308. The number of nitrogens with zero attached hydrogens (tertiary/aromatic N) is 1. The number of hydrogen-bond donors (Lipinski definition) is 0. The molecule has 1 aromatic heterocycles. The third-order valence-electron chi connectivity index (χ3n) is 2.78. The first-order chi connectivity index (χ1) is 8.24. The van der Waals surface area contributed by atoms with Crippen molar-refractivity contribution in [3.63, 3.8) is 0 Å². The van der Waals surface area contributed by atoms with E-state index in [4.69, 9.17) is 9.47 Å². The highest BCUT2D eigenvalue weighted by Crippen LogP contribution is 2.37. The molecule has 4 heteroatoms. The average molecular weight is 247 g/mol. The Morgan fingerprint density at radius 1 is 1.12 bits per heavy atom. The highest BCUT2D eigenvalue weighted by atomic mass is 32.1. The minimum Gasteiger partial charge on any atom is -0.486 e. The molecular formula is C13H13NO2S. The van der Waals surface area contributed by atoms with E-state index in [0.29, 0.717) is 13.2 Å². The van der Waals surface area contributed by atoms with Crippen LogP contribution < -0.4 is 9.47 Å². The second-order valence-electron chi connectivity index (χ2n) is 4.06. The van der Waals surface area contributed by atoms with Gasteiger partial charge in [-0.3, -0.25) is 0 Å². The fourth-order valence-corrected chi connectivity index (χ4v) is 2.57. The minimum absolute atomic E-state index is 0.617. The van der Waals surface area contributed by atoms with Crippen LogP contribution in [0.3, 0.4) is 0 Å². The number of hydrogen-bond acceptors (Lipinski definition) is 4. The van der Waals surface area contributed by atoms with E-state index < -0.39 is 0 Å². The Morgan fingerprint density at radius 2 is 1.82 bits per heavy atom. The Morgan fingerprint density at radius 3 is 2.47 bits per heavy atom. The Bertz CT molecular complexity index is 563. The van der Waals surface area contributed by atoms with Crippen molar-refractivity contribution in [2.45, 2.75) is 13.8 Å². The molecule has 1 aliphatic rings. The van der Waals surface area contributed by atoms with Gasteiger partial charge in [-0.25, -0.2) is 4.98 Å². The van der Waals surface area contributed by atoms with E-state index in [9.17, 15) is 0 Å². The van der Waals surface area contributed by atoms with Gasteiger partial charge in [0.1, 0.15) is 13.2 Å². The van der Waals surface area contributed by atoms with Gasteiger partial charge in [0.2, 0.25) is 0 Å². The molecule has 0 spiro atoms. The lowest BCUT2D eigenvalue weighted by atomic mass is 10.1. The van der Waals surface area contributed by atoms with Crippen molar-refractivity contribution in [3.05, 3.63) is 28.1 Å². The quantitative estimate of drug-likeness (QED) is 0.775. The minimum atomic E-state index is 0.617. The van der Waals surface area contributed by atoms with Crippen LogP contribution in [0, 0.1) is 13.8 Å². The summed E-state index contributed by atoms with van der Waals surface area (Å²) in [4.78, 5) is 4.51. The number of thiazole rings is 1. The van der Waals surface area contributed by atoms with Gasteiger partial charge in [-0.1, -0.05) is 0 Å². The number of ether oxygens (including phenoxy) is 2. The monoisotopic (exact) mass is 247 g/mol. The van der Waals surface area contributed by atoms with Crippen molar-refractivity contribution in [2.75, 3.05) is 13.2 Å². The second-order valence-corrected chi connectivity index (χ2v) is 5.12. The maximum atomic E-state index is 5.60. The maximum Gasteiger partial charge on any atom is 0.162 e. The van der Waals surface area contributed by atoms with Gasteiger partial charge in [-0.05, 0) is 31.5 Å². The third kappa shape index (κ3) is 1.89. The summed E-state index contributed by atoms with van der Waals surface area (Å²) in [6, 6.07) is 4.05. The summed E-state index contributed by atoms with van der Waals surface area (Å²) in [5.74, 6) is 1.66. The number of benzene rings is 1. The van der Waals surface area contributed by atoms with Crippen LogP contribution in [0.4, 0.5) is 0 Å². The largest absolute Gasteiger partial charge is 0.486 e. The first-order valence-electron chi connectivity index (χ1n) is 5.57. The van der Waals surface area contributed by atoms with Gasteiger partial charge < -0.3 is 9.47 Å². The van der Waals surface area contributed by atoms with Crippen molar-refractivity contribution in [3.8, 4) is 22.8 Å². The predicted octanol–water partition coefficient (Wildman–Crippen LogP) is 3.20. The summed E-state index contributed by atoms with van der Waals surface area (Å²) >= 11 is 1.66. The van der Waals surface area contributed by atoms with Crippen LogP contribution in [-0.4, -0.2) is 18.2 Å². The summed E-state index contributed by atoms with van der Waals surface area (Å²) < 4.78 is 11.2. The van der Waals surface area contributed by atoms with Crippen LogP contribution in [0.25, 0.3) is 11.3 Å². The molecule has 3 nitrogen and oxygen atoms in total. The van der Waals surface area contributed by atoms with Crippen molar-refractivity contribution in [1.29, 1.82) is 0 Å². The average Bonchev–Trinajstić information content (AvgIpc) is 2.75. The van der Waals surface area contributed by atoms with Crippen molar-refractivity contribution >= 4 is 11.3 Å². The Hall–Kier alpha value is -1.55. The SMILES string of the molecule is Cc1nc(-c2cc3c(cc2C)OCCO3)cs1. The van der Waals surface area contributed by atoms with Crippen LogP contribution in [0.5, 0.6) is 11.5 Å². The lowest BCUT2D eigenvalue weighted by molar-refractivity contribution is 0.171. The summed E-state index contributed by atoms with van der Waals surface area (Å²) in [5.41, 5.74) is 3.31. The molecular weight excluding hydrogens is 234 g/mol. The number of aryl methyl sites for hydroxylation is 2. The van der Waals surface area contributed by atoms with Crippen molar-refractivity contribution in [1.82, 2.24) is 4.98 Å². The zero-order valence-electron chi connectivity index (χ0n) is 9.82. The molecule has 0 amide bonds. The van der Waals surface area contributed by atoms with E-state index in [1.165, 1.54) is 5.56 Å². The maximum absolute atomic E-state index is 5.60. The zero-order valence-corrected chi connectivity index (χ0v) is 10.6. The van der Waals surface area contributed by atoms with Crippen LogP contribution >= 0.6 is 11.3 Å². The molecule has 0 aliphatic carbocycles. The van der Waals surface area contributed by atoms with Gasteiger partial charge in [0.25, 0.3) is 0 Å². The second kappa shape index (κ2) is 4.04. The van der Waals surface area contributed by atoms with Crippen molar-refractivity contribution in [2.24, 2.45) is 0 Å². The standard InChI is InChI=1S/C13H13NO2S/c1-8-5-12-13(16-4-3-15-12)6-10(8)11-7-17-9(2)14-11/h5-7H,3-4H2,1-2H3. The third-order valence-corrected chi connectivity index (χ3v) is 3.56. The molecule has 0 bridgehead atoms. The topological polar surface area (TPSA) is 31.4 Å². The van der Waals surface area contributed by atoms with Gasteiger partial charge in [0, 0.05) is 10.9 Å². The fourth-order valence-electron chi connectivity index (χ4n) is 1.95. The van der Waals surface area contributed by atoms with E-state index in [0.717, 1.165) is 27.8 Å². The Labute approximate surface area is 104 Å². The van der Waals surface area contributed by atoms with E-state index >= 15 is 0 Å². The highest BCUT2D eigenvalue weighted by Gasteiger charge is 2.15. The summed E-state index contributed by atoms with van der Waals surface area (Å²) in [5, 5.41) is 3.16. The van der Waals surface area contributed by atoms with E-state index in [-0.39, 0.29) is 0 Å². The smallest absolute Gasteiger partial charge is 0.162 e. The lowest BCUT2D eigenvalue weighted by Crippen LogP contribution is -2.15. The van der Waals surface area contributed by atoms with Crippen LogP contribution in [0.15, 0.2) is 17.5 Å². The molecule has 2 aromatic rings. The molecule has 0 fully saturated rings. The van der Waals surface area contributed by atoms with Crippen LogP contribution in [-0.2, 0) is 0 Å². The molecule has 0 saturated heterocycles. The number of fused-ring (bicyclic) bond motifs is 1. The molecule has 17 heavy (non-hydrogen) atoms. The molecule has 0 unspecified atom stereocenters. The van der Waals surface area contributed by atoms with Gasteiger partial charge in [-0.2, -0.15) is 0 Å².